The van der Waals surface area contributed by atoms with Crippen molar-refractivity contribution in [3.8, 4) is 17.2 Å². The van der Waals surface area contributed by atoms with Gasteiger partial charge in [0.05, 0.1) is 0 Å². The second-order valence-corrected chi connectivity index (χ2v) is 5.59. The molecule has 0 saturated heterocycles. The smallest absolute Gasteiger partial charge is 0.406 e. The van der Waals surface area contributed by atoms with Gasteiger partial charge in [0.15, 0.2) is 11.5 Å². The van der Waals surface area contributed by atoms with Crippen LogP contribution in [0.5, 0.6) is 17.2 Å². The van der Waals surface area contributed by atoms with E-state index >= 15 is 0 Å². The van der Waals surface area contributed by atoms with E-state index < -0.39 is 47.9 Å². The Hall–Kier alpha value is -2.05. The third-order valence-corrected chi connectivity index (χ3v) is 3.47. The van der Waals surface area contributed by atoms with Gasteiger partial charge in [0, 0.05) is 17.7 Å². The number of alkyl halides is 9. The first-order valence-electron chi connectivity index (χ1n) is 7.31. The Labute approximate surface area is 146 Å². The van der Waals surface area contributed by atoms with E-state index in [1.165, 1.54) is 7.05 Å². The van der Waals surface area contributed by atoms with Gasteiger partial charge in [-0.3, -0.25) is 0 Å². The lowest BCUT2D eigenvalue weighted by Gasteiger charge is -2.24. The summed E-state index contributed by atoms with van der Waals surface area (Å²) in [6.07, 6.45) is -15.2. The largest absolute Gasteiger partial charge is 0.573 e. The first kappa shape index (κ1) is 21.3. The normalized spacial score (nSPS) is 16.8. The van der Waals surface area contributed by atoms with Crippen LogP contribution < -0.4 is 19.5 Å². The molecule has 27 heavy (non-hydrogen) atoms. The molecule has 1 aromatic carbocycles. The molecule has 0 radical (unpaired) electrons. The summed E-state index contributed by atoms with van der Waals surface area (Å²) in [7, 11) is 1.29. The number of ether oxygens (including phenoxy) is 3. The van der Waals surface area contributed by atoms with E-state index in [-0.39, 0.29) is 12.0 Å². The fraction of sp³-hybridized carbons (Fsp3) is 0.571. The molecule has 13 heteroatoms. The molecular formula is C14H12F9NO3. The lowest BCUT2D eigenvalue weighted by molar-refractivity contribution is -0.288. The van der Waals surface area contributed by atoms with Crippen LogP contribution in [0.25, 0.3) is 0 Å². The fourth-order valence-electron chi connectivity index (χ4n) is 2.52. The van der Waals surface area contributed by atoms with Gasteiger partial charge in [-0.2, -0.15) is 0 Å². The Bertz CT molecular complexity index is 666. The van der Waals surface area contributed by atoms with Crippen LogP contribution in [-0.2, 0) is 0 Å². The van der Waals surface area contributed by atoms with Gasteiger partial charge in [0.2, 0.25) is 0 Å². The molecule has 2 rings (SSSR count). The van der Waals surface area contributed by atoms with Gasteiger partial charge in [0.25, 0.3) is 0 Å². The average Bonchev–Trinajstić information content (AvgIpc) is 3.23. The van der Waals surface area contributed by atoms with E-state index in [9.17, 15) is 39.5 Å². The second-order valence-electron chi connectivity index (χ2n) is 5.59. The third kappa shape index (κ3) is 6.56. The summed E-state index contributed by atoms with van der Waals surface area (Å²) in [5, 5.41) is 2.57. The molecule has 0 aromatic heterocycles. The summed E-state index contributed by atoms with van der Waals surface area (Å²) in [4.78, 5) is 0. The zero-order chi connectivity index (χ0) is 20.6. The van der Waals surface area contributed by atoms with Gasteiger partial charge in [-0.05, 0) is 31.9 Å². The minimum Gasteiger partial charge on any atom is -0.406 e. The van der Waals surface area contributed by atoms with Crippen molar-refractivity contribution in [1.82, 2.24) is 5.32 Å². The fourth-order valence-corrected chi connectivity index (χ4v) is 2.52. The molecular weight excluding hydrogens is 401 g/mol. The molecule has 1 saturated carbocycles. The highest BCUT2D eigenvalue weighted by molar-refractivity contribution is 5.54. The van der Waals surface area contributed by atoms with Gasteiger partial charge in [-0.15, -0.1) is 39.5 Å². The minimum absolute atomic E-state index is 0.0329. The maximum atomic E-state index is 12.7. The number of hydrogen-bond donors (Lipinski definition) is 1. The van der Waals surface area contributed by atoms with Gasteiger partial charge in [-0.1, -0.05) is 0 Å². The van der Waals surface area contributed by atoms with Crippen LogP contribution in [0, 0.1) is 5.92 Å². The molecule has 1 aliphatic carbocycles. The highest BCUT2D eigenvalue weighted by atomic mass is 19.4. The van der Waals surface area contributed by atoms with Crippen LogP contribution in [0.2, 0.25) is 0 Å². The predicted octanol–water partition coefficient (Wildman–Crippen LogP) is 5.05. The topological polar surface area (TPSA) is 39.7 Å². The molecule has 1 fully saturated rings. The van der Waals surface area contributed by atoms with Crippen molar-refractivity contribution in [2.24, 2.45) is 5.92 Å². The maximum absolute atomic E-state index is 12.7. The van der Waals surface area contributed by atoms with E-state index in [1.807, 2.05) is 0 Å². The van der Waals surface area contributed by atoms with Crippen molar-refractivity contribution in [3.05, 3.63) is 17.7 Å². The Morgan fingerprint density at radius 3 is 1.78 bits per heavy atom. The number of benzene rings is 1. The van der Waals surface area contributed by atoms with Gasteiger partial charge in [0.1, 0.15) is 5.75 Å². The molecule has 4 nitrogen and oxygen atoms in total. The third-order valence-electron chi connectivity index (χ3n) is 3.47. The summed E-state index contributed by atoms with van der Waals surface area (Å²) in [6, 6.07) is -0.433. The maximum Gasteiger partial charge on any atom is 0.573 e. The molecule has 0 spiro atoms. The predicted molar refractivity (Wildman–Crippen MR) is 71.0 cm³/mol. The molecule has 154 valence electrons. The van der Waals surface area contributed by atoms with Crippen molar-refractivity contribution in [2.45, 2.75) is 38.0 Å². The Morgan fingerprint density at radius 1 is 0.852 bits per heavy atom. The number of rotatable bonds is 6. The van der Waals surface area contributed by atoms with Crippen LogP contribution in [-0.4, -0.2) is 26.1 Å². The second kappa shape index (κ2) is 7.17. The molecule has 1 aromatic rings. The molecule has 1 N–H and O–H groups in total. The van der Waals surface area contributed by atoms with Gasteiger partial charge in [-0.25, -0.2) is 0 Å². The highest BCUT2D eigenvalue weighted by Gasteiger charge is 2.42. The highest BCUT2D eigenvalue weighted by Crippen LogP contribution is 2.49. The van der Waals surface area contributed by atoms with E-state index in [0.29, 0.717) is 18.9 Å². The zero-order valence-electron chi connectivity index (χ0n) is 13.4. The number of nitrogens with one attached hydrogen (secondary N) is 1. The van der Waals surface area contributed by atoms with Crippen LogP contribution in [0.15, 0.2) is 12.1 Å². The SMILES string of the molecule is CNC(c1cc(OC(F)(F)F)cc(OC(F)(F)F)c1OC(F)(F)F)C1CC1. The molecule has 1 unspecified atom stereocenters. The summed E-state index contributed by atoms with van der Waals surface area (Å²) in [6.45, 7) is 0. The average molecular weight is 413 g/mol. The molecule has 1 atom stereocenters. The lowest BCUT2D eigenvalue weighted by Crippen LogP contribution is -2.26. The Kier molecular flexibility index (Phi) is 5.64. The number of hydrogen-bond acceptors (Lipinski definition) is 4. The van der Waals surface area contributed by atoms with Gasteiger partial charge >= 0.3 is 19.1 Å². The summed E-state index contributed by atoms with van der Waals surface area (Å²) in [5.41, 5.74) is -0.599. The van der Waals surface area contributed by atoms with Crippen LogP contribution >= 0.6 is 0 Å². The number of halogens is 9. The molecule has 0 heterocycles. The standard InChI is InChI=1S/C14H12F9NO3/c1-24-10(6-2-3-6)8-4-7(25-12(15,16)17)5-9(26-13(18,19)20)11(8)27-14(21,22)23/h4-6,10,24H,2-3H2,1H3. The van der Waals surface area contributed by atoms with E-state index in [4.69, 9.17) is 0 Å². The van der Waals surface area contributed by atoms with Gasteiger partial charge < -0.3 is 19.5 Å². The Morgan fingerprint density at radius 2 is 1.37 bits per heavy atom. The lowest BCUT2D eigenvalue weighted by atomic mass is 10.0. The van der Waals surface area contributed by atoms with E-state index in [1.54, 1.807) is 0 Å². The van der Waals surface area contributed by atoms with Crippen LogP contribution in [0.4, 0.5) is 39.5 Å². The van der Waals surface area contributed by atoms with Crippen LogP contribution in [0.1, 0.15) is 24.4 Å². The molecule has 0 amide bonds. The minimum atomic E-state index is -5.48. The van der Waals surface area contributed by atoms with E-state index in [0.717, 1.165) is 0 Å². The molecule has 0 bridgehead atoms. The Balaban J connectivity index is 2.62. The van der Waals surface area contributed by atoms with E-state index in [2.05, 4.69) is 19.5 Å². The van der Waals surface area contributed by atoms with Crippen molar-refractivity contribution < 1.29 is 53.7 Å². The first-order chi connectivity index (χ1) is 12.2. The molecule has 1 aliphatic rings. The van der Waals surface area contributed by atoms with Crippen molar-refractivity contribution in [3.63, 3.8) is 0 Å². The van der Waals surface area contributed by atoms with Crippen LogP contribution in [0.3, 0.4) is 0 Å². The quantitative estimate of drug-likeness (QED) is 0.663. The van der Waals surface area contributed by atoms with Crippen molar-refractivity contribution in [2.75, 3.05) is 7.05 Å². The van der Waals surface area contributed by atoms with Crippen molar-refractivity contribution in [1.29, 1.82) is 0 Å². The van der Waals surface area contributed by atoms with Crippen molar-refractivity contribution >= 4 is 0 Å². The summed E-state index contributed by atoms with van der Waals surface area (Å²) >= 11 is 0. The monoisotopic (exact) mass is 413 g/mol. The summed E-state index contributed by atoms with van der Waals surface area (Å²) < 4.78 is 124. The summed E-state index contributed by atoms with van der Waals surface area (Å²) in [5.74, 6) is -4.46. The zero-order valence-corrected chi connectivity index (χ0v) is 13.4. The molecule has 0 aliphatic heterocycles. The first-order valence-corrected chi connectivity index (χ1v) is 7.31.